The molecule has 41 heavy (non-hydrogen) atoms. The molecule has 2 amide bonds. The van der Waals surface area contributed by atoms with Gasteiger partial charge in [0.1, 0.15) is 11.8 Å². The van der Waals surface area contributed by atoms with Gasteiger partial charge in [0.15, 0.2) is 5.78 Å². The number of hydrogen-bond acceptors (Lipinski definition) is 9. The average Bonchev–Trinajstić information content (AvgIpc) is 3.37. The summed E-state index contributed by atoms with van der Waals surface area (Å²) in [6.07, 6.45) is 0.537. The highest BCUT2D eigenvalue weighted by Crippen LogP contribution is 2.26. The Morgan fingerprint density at radius 2 is 1.85 bits per heavy atom. The number of aliphatic carboxylic acids is 1. The molecule has 0 radical (unpaired) electrons. The van der Waals surface area contributed by atoms with Gasteiger partial charge in [0, 0.05) is 23.8 Å². The lowest BCUT2D eigenvalue weighted by Gasteiger charge is -2.22. The number of thioether (sulfide) groups is 1. The largest absolute Gasteiger partial charge is 0.496 e. The second kappa shape index (κ2) is 14.8. The number of ketones is 1. The van der Waals surface area contributed by atoms with Crippen LogP contribution in [0.2, 0.25) is 0 Å². The van der Waals surface area contributed by atoms with E-state index in [1.807, 2.05) is 30.3 Å². The van der Waals surface area contributed by atoms with Crippen molar-refractivity contribution in [2.75, 3.05) is 12.9 Å². The zero-order chi connectivity index (χ0) is 29.9. The van der Waals surface area contributed by atoms with Crippen LogP contribution in [0.25, 0.3) is 11.4 Å². The normalized spacial score (nSPS) is 12.1. The van der Waals surface area contributed by atoms with Gasteiger partial charge in [0.25, 0.3) is 0 Å². The molecule has 1 aromatic heterocycles. The van der Waals surface area contributed by atoms with Crippen LogP contribution in [-0.4, -0.2) is 57.7 Å². The summed E-state index contributed by atoms with van der Waals surface area (Å²) in [6, 6.07) is 13.6. The molecule has 0 unspecified atom stereocenters. The fourth-order valence-electron chi connectivity index (χ4n) is 3.84. The van der Waals surface area contributed by atoms with Crippen molar-refractivity contribution in [3.05, 3.63) is 77.3 Å². The first-order valence-electron chi connectivity index (χ1n) is 12.7. The lowest BCUT2D eigenvalue weighted by atomic mass is 10.0. The van der Waals surface area contributed by atoms with Crippen LogP contribution in [0.15, 0.2) is 64.8 Å². The van der Waals surface area contributed by atoms with Crippen molar-refractivity contribution in [1.29, 1.82) is 0 Å². The van der Waals surface area contributed by atoms with Gasteiger partial charge >= 0.3 is 5.97 Å². The summed E-state index contributed by atoms with van der Waals surface area (Å²) >= 11 is 1.30. The van der Waals surface area contributed by atoms with E-state index in [4.69, 9.17) is 9.26 Å². The lowest BCUT2D eigenvalue weighted by molar-refractivity contribution is -0.132. The summed E-state index contributed by atoms with van der Waals surface area (Å²) in [4.78, 5) is 54.6. The van der Waals surface area contributed by atoms with Crippen LogP contribution in [0.5, 0.6) is 5.75 Å². The van der Waals surface area contributed by atoms with Crippen molar-refractivity contribution in [1.82, 2.24) is 20.8 Å². The Labute approximate surface area is 241 Å². The molecule has 12 heteroatoms. The van der Waals surface area contributed by atoms with Crippen molar-refractivity contribution in [3.63, 3.8) is 0 Å². The number of ether oxygens (including phenoxy) is 1. The highest BCUT2D eigenvalue weighted by Gasteiger charge is 2.27. The average molecular weight is 581 g/mol. The maximum atomic E-state index is 13.2. The molecule has 2 aromatic carbocycles. The number of amides is 2. The second-order valence-corrected chi connectivity index (χ2v) is 10.4. The lowest BCUT2D eigenvalue weighted by Crippen LogP contribution is -2.50. The van der Waals surface area contributed by atoms with E-state index in [-0.39, 0.29) is 23.8 Å². The summed E-state index contributed by atoms with van der Waals surface area (Å²) in [6.45, 7) is 5.12. The molecule has 3 rings (SSSR count). The van der Waals surface area contributed by atoms with E-state index in [1.165, 1.54) is 18.9 Å². The fraction of sp³-hybridized carbons (Fsp3) is 0.310. The highest BCUT2D eigenvalue weighted by atomic mass is 32.2. The Morgan fingerprint density at radius 1 is 1.12 bits per heavy atom. The number of carbonyl (C=O) groups excluding carboxylic acids is 3. The van der Waals surface area contributed by atoms with Crippen LogP contribution >= 0.6 is 11.8 Å². The smallest absolute Gasteiger partial charge is 0.330 e. The van der Waals surface area contributed by atoms with E-state index in [0.717, 1.165) is 5.56 Å². The molecule has 216 valence electrons. The van der Waals surface area contributed by atoms with E-state index < -0.39 is 29.6 Å². The third kappa shape index (κ3) is 9.31. The minimum atomic E-state index is -1.38. The van der Waals surface area contributed by atoms with Crippen LogP contribution in [0, 0.1) is 12.8 Å². The standard InChI is InChI=1S/C29H32N4O7S/c1-17(2)27(29(38)31-22(14-26(36)37)23(34)16-41-15-19-8-6-5-7-9-19)32-25(35)13-21-12-20(10-11-24(21)39-4)28-30-18(3)40-33-28/h5-12,14,17,27H,13,15-16H2,1-4H3,(H,31,38)(H,32,35)(H,36,37)/t27-/m0/s1. The number of benzene rings is 2. The summed E-state index contributed by atoms with van der Waals surface area (Å²) < 4.78 is 10.4. The first kappa shape index (κ1) is 31.1. The van der Waals surface area contributed by atoms with Gasteiger partial charge in [-0.05, 0) is 29.7 Å². The van der Waals surface area contributed by atoms with E-state index in [0.29, 0.717) is 40.4 Å². The number of methoxy groups -OCH3 is 1. The summed E-state index contributed by atoms with van der Waals surface area (Å²) in [5.74, 6) is -1.77. The zero-order valence-electron chi connectivity index (χ0n) is 23.2. The van der Waals surface area contributed by atoms with E-state index in [2.05, 4.69) is 20.8 Å². The van der Waals surface area contributed by atoms with Gasteiger partial charge in [-0.2, -0.15) is 4.98 Å². The Hall–Kier alpha value is -4.45. The van der Waals surface area contributed by atoms with Crippen molar-refractivity contribution >= 4 is 35.3 Å². The minimum absolute atomic E-state index is 0.0387. The molecule has 0 aliphatic heterocycles. The van der Waals surface area contributed by atoms with E-state index in [1.54, 1.807) is 39.0 Å². The fourth-order valence-corrected chi connectivity index (χ4v) is 4.71. The molecule has 0 fully saturated rings. The number of carboxylic acid groups (broad SMARTS) is 1. The van der Waals surface area contributed by atoms with Gasteiger partial charge < -0.3 is 25.0 Å². The molecule has 0 spiro atoms. The minimum Gasteiger partial charge on any atom is -0.496 e. The molecule has 1 heterocycles. The van der Waals surface area contributed by atoms with Gasteiger partial charge in [-0.15, -0.1) is 11.8 Å². The van der Waals surface area contributed by atoms with Crippen LogP contribution in [0.1, 0.15) is 30.9 Å². The SMILES string of the molecule is COc1ccc(-c2noc(C)n2)cc1CC(=O)N[C@H](C(=O)NC(=CC(=O)O)C(=O)CSCc1ccccc1)C(C)C. The monoisotopic (exact) mass is 580 g/mol. The molecular weight excluding hydrogens is 548 g/mol. The third-order valence-electron chi connectivity index (χ3n) is 5.85. The predicted molar refractivity (Wildman–Crippen MR) is 153 cm³/mol. The molecular formula is C29H32N4O7S. The first-order chi connectivity index (χ1) is 19.6. The topological polar surface area (TPSA) is 161 Å². The van der Waals surface area contributed by atoms with Crippen LogP contribution in [0.4, 0.5) is 0 Å². The number of carboxylic acids is 1. The molecule has 11 nitrogen and oxygen atoms in total. The number of aryl methyl sites for hydroxylation is 1. The molecule has 0 aliphatic carbocycles. The van der Waals surface area contributed by atoms with Crippen LogP contribution in [0.3, 0.4) is 0 Å². The van der Waals surface area contributed by atoms with Gasteiger partial charge in [0.2, 0.25) is 23.5 Å². The summed E-state index contributed by atoms with van der Waals surface area (Å²) in [5, 5.41) is 18.3. The van der Waals surface area contributed by atoms with Crippen molar-refractivity contribution in [2.45, 2.75) is 39.0 Å². The van der Waals surface area contributed by atoms with Crippen molar-refractivity contribution < 1.29 is 33.5 Å². The molecule has 0 aliphatic rings. The van der Waals surface area contributed by atoms with Gasteiger partial charge in [-0.25, -0.2) is 4.79 Å². The number of hydrogen-bond donors (Lipinski definition) is 3. The molecule has 3 N–H and O–H groups in total. The first-order valence-corrected chi connectivity index (χ1v) is 13.9. The van der Waals surface area contributed by atoms with Gasteiger partial charge in [0.05, 0.1) is 31.1 Å². The van der Waals surface area contributed by atoms with Crippen LogP contribution < -0.4 is 15.4 Å². The quantitative estimate of drug-likeness (QED) is 0.241. The van der Waals surface area contributed by atoms with Crippen molar-refractivity contribution in [2.24, 2.45) is 5.92 Å². The van der Waals surface area contributed by atoms with E-state index >= 15 is 0 Å². The van der Waals surface area contributed by atoms with Crippen LogP contribution in [-0.2, 0) is 31.4 Å². The Morgan fingerprint density at radius 3 is 2.46 bits per heavy atom. The van der Waals surface area contributed by atoms with E-state index in [9.17, 15) is 24.3 Å². The maximum absolute atomic E-state index is 13.2. The van der Waals surface area contributed by atoms with Crippen molar-refractivity contribution in [3.8, 4) is 17.1 Å². The predicted octanol–water partition coefficient (Wildman–Crippen LogP) is 3.32. The van der Waals surface area contributed by atoms with Gasteiger partial charge in [-0.3, -0.25) is 14.4 Å². The number of nitrogens with one attached hydrogen (secondary N) is 2. The number of allylic oxidation sites excluding steroid dienone is 1. The third-order valence-corrected chi connectivity index (χ3v) is 6.86. The Bertz CT molecular complexity index is 1420. The number of nitrogens with zero attached hydrogens (tertiary/aromatic N) is 2. The summed E-state index contributed by atoms with van der Waals surface area (Å²) in [5.41, 5.74) is 1.81. The Balaban J connectivity index is 1.68. The number of carbonyl (C=O) groups is 4. The molecule has 3 aromatic rings. The highest BCUT2D eigenvalue weighted by molar-refractivity contribution is 7.99. The molecule has 1 atom stereocenters. The molecule has 0 saturated heterocycles. The van der Waals surface area contributed by atoms with Gasteiger partial charge in [-0.1, -0.05) is 49.3 Å². The zero-order valence-corrected chi connectivity index (χ0v) is 24.0. The number of aromatic nitrogens is 2. The molecule has 0 bridgehead atoms. The maximum Gasteiger partial charge on any atom is 0.330 e. The molecule has 0 saturated carbocycles. The number of Topliss-reactive ketones (excluding diaryl/α,β-unsaturated/α-hetero) is 1. The summed E-state index contributed by atoms with van der Waals surface area (Å²) in [7, 11) is 1.48. The Kier molecular flexibility index (Phi) is 11.2. The number of rotatable bonds is 14. The second-order valence-electron chi connectivity index (χ2n) is 9.42.